The molecular weight excluding hydrogens is 417 g/mol. The van der Waals surface area contributed by atoms with E-state index in [0.29, 0.717) is 11.3 Å². The highest BCUT2D eigenvalue weighted by Gasteiger charge is 2.32. The molecule has 0 aliphatic rings. The van der Waals surface area contributed by atoms with E-state index in [1.54, 1.807) is 7.05 Å². The molecule has 0 saturated heterocycles. The van der Waals surface area contributed by atoms with Gasteiger partial charge in [-0.25, -0.2) is 13.4 Å². The van der Waals surface area contributed by atoms with Gasteiger partial charge in [-0.3, -0.25) is 9.67 Å². The smallest absolute Gasteiger partial charge is 0.267 e. The van der Waals surface area contributed by atoms with Gasteiger partial charge in [0, 0.05) is 18.8 Å². The Morgan fingerprint density at radius 2 is 1.89 bits per heavy atom. The van der Waals surface area contributed by atoms with Crippen molar-refractivity contribution in [3.05, 3.63) is 47.4 Å². The van der Waals surface area contributed by atoms with Gasteiger partial charge in [-0.15, -0.1) is 0 Å². The summed E-state index contributed by atoms with van der Waals surface area (Å²) >= 11 is 5.93. The summed E-state index contributed by atoms with van der Waals surface area (Å²) in [6.45, 7) is 1.51. The molecule has 0 saturated carbocycles. The lowest BCUT2D eigenvalue weighted by Crippen LogP contribution is -2.07. The standard InChI is InChI=1S/C17H14ClF3N4O2S/c1-3-28(26,27)13-5-7-15(18)23-16(13)11-8-12(25(2)24-11)10-4-6-14(22-9-10)17(19,20)21/h4-9H,3H2,1-2H3. The van der Waals surface area contributed by atoms with E-state index in [9.17, 15) is 21.6 Å². The highest BCUT2D eigenvalue weighted by atomic mass is 35.5. The van der Waals surface area contributed by atoms with Crippen molar-refractivity contribution in [2.24, 2.45) is 7.05 Å². The summed E-state index contributed by atoms with van der Waals surface area (Å²) in [5.74, 6) is -0.133. The van der Waals surface area contributed by atoms with Crippen LogP contribution in [0.25, 0.3) is 22.6 Å². The third kappa shape index (κ3) is 3.88. The zero-order chi connectivity index (χ0) is 20.7. The van der Waals surface area contributed by atoms with E-state index in [0.717, 1.165) is 12.3 Å². The summed E-state index contributed by atoms with van der Waals surface area (Å²) in [4.78, 5) is 7.51. The molecule has 0 N–H and O–H groups in total. The first kappa shape index (κ1) is 20.3. The number of aryl methyl sites for hydroxylation is 1. The van der Waals surface area contributed by atoms with Gasteiger partial charge in [0.25, 0.3) is 0 Å². The third-order valence-corrected chi connectivity index (χ3v) is 5.98. The fourth-order valence-electron chi connectivity index (χ4n) is 2.58. The quantitative estimate of drug-likeness (QED) is 0.584. The summed E-state index contributed by atoms with van der Waals surface area (Å²) in [6.07, 6.45) is -3.46. The maximum Gasteiger partial charge on any atom is 0.433 e. The molecule has 0 atom stereocenters. The second kappa shape index (κ2) is 7.17. The van der Waals surface area contributed by atoms with Crippen LogP contribution in [0.4, 0.5) is 13.2 Å². The average Bonchev–Trinajstić information content (AvgIpc) is 3.02. The normalized spacial score (nSPS) is 12.4. The van der Waals surface area contributed by atoms with Crippen LogP contribution in [0.5, 0.6) is 0 Å². The van der Waals surface area contributed by atoms with E-state index in [-0.39, 0.29) is 27.2 Å². The summed E-state index contributed by atoms with van der Waals surface area (Å²) in [5.41, 5.74) is 0.128. The minimum Gasteiger partial charge on any atom is -0.267 e. The van der Waals surface area contributed by atoms with Crippen molar-refractivity contribution < 1.29 is 21.6 Å². The number of sulfone groups is 1. The number of hydrogen-bond donors (Lipinski definition) is 0. The molecule has 0 aliphatic carbocycles. The Labute approximate surface area is 163 Å². The van der Waals surface area contributed by atoms with E-state index in [1.807, 2.05) is 0 Å². The van der Waals surface area contributed by atoms with E-state index in [1.165, 1.54) is 35.9 Å². The van der Waals surface area contributed by atoms with Gasteiger partial charge in [-0.1, -0.05) is 18.5 Å². The van der Waals surface area contributed by atoms with Crippen LogP contribution in [0.2, 0.25) is 5.15 Å². The predicted octanol–water partition coefficient (Wildman–Crippen LogP) is 4.01. The molecule has 11 heteroatoms. The first-order valence-electron chi connectivity index (χ1n) is 8.00. The Hall–Kier alpha value is -2.46. The molecule has 3 aromatic rings. The van der Waals surface area contributed by atoms with E-state index in [2.05, 4.69) is 15.1 Å². The maximum absolute atomic E-state index is 12.7. The van der Waals surface area contributed by atoms with Crippen molar-refractivity contribution in [2.75, 3.05) is 5.75 Å². The summed E-state index contributed by atoms with van der Waals surface area (Å²) < 4.78 is 64.2. The first-order valence-corrected chi connectivity index (χ1v) is 10.0. The van der Waals surface area contributed by atoms with Crippen molar-refractivity contribution in [3.8, 4) is 22.6 Å². The van der Waals surface area contributed by atoms with Crippen molar-refractivity contribution in [1.82, 2.24) is 19.7 Å². The molecule has 28 heavy (non-hydrogen) atoms. The lowest BCUT2D eigenvalue weighted by molar-refractivity contribution is -0.141. The maximum atomic E-state index is 12.7. The highest BCUT2D eigenvalue weighted by molar-refractivity contribution is 7.91. The predicted molar refractivity (Wildman–Crippen MR) is 97.4 cm³/mol. The van der Waals surface area contributed by atoms with Gasteiger partial charge >= 0.3 is 6.18 Å². The zero-order valence-corrected chi connectivity index (χ0v) is 16.3. The number of pyridine rings is 2. The molecule has 3 rings (SSSR count). The summed E-state index contributed by atoms with van der Waals surface area (Å²) in [5, 5.41) is 4.35. The lowest BCUT2D eigenvalue weighted by Gasteiger charge is -2.06. The summed E-state index contributed by atoms with van der Waals surface area (Å²) in [7, 11) is -2.01. The summed E-state index contributed by atoms with van der Waals surface area (Å²) in [6, 6.07) is 6.39. The second-order valence-electron chi connectivity index (χ2n) is 5.85. The van der Waals surface area contributed by atoms with Crippen LogP contribution < -0.4 is 0 Å². The van der Waals surface area contributed by atoms with Crippen molar-refractivity contribution in [1.29, 1.82) is 0 Å². The Kier molecular flexibility index (Phi) is 5.20. The van der Waals surface area contributed by atoms with Crippen LogP contribution in [-0.4, -0.2) is 33.9 Å². The van der Waals surface area contributed by atoms with Gasteiger partial charge in [-0.05, 0) is 30.3 Å². The SMILES string of the molecule is CCS(=O)(=O)c1ccc(Cl)nc1-c1cc(-c2ccc(C(F)(F)F)nc2)n(C)n1. The molecule has 0 aromatic carbocycles. The van der Waals surface area contributed by atoms with Crippen LogP contribution in [0.3, 0.4) is 0 Å². The topological polar surface area (TPSA) is 77.7 Å². The molecule has 0 amide bonds. The number of aromatic nitrogens is 4. The number of nitrogens with zero attached hydrogens (tertiary/aromatic N) is 4. The molecule has 0 radical (unpaired) electrons. The second-order valence-corrected chi connectivity index (χ2v) is 8.49. The molecule has 3 aromatic heterocycles. The number of rotatable bonds is 4. The third-order valence-electron chi connectivity index (χ3n) is 4.01. The minimum absolute atomic E-state index is 0.0189. The lowest BCUT2D eigenvalue weighted by atomic mass is 10.1. The molecule has 0 aliphatic heterocycles. The van der Waals surface area contributed by atoms with Gasteiger partial charge in [0.2, 0.25) is 0 Å². The Balaban J connectivity index is 2.10. The molecule has 0 fully saturated rings. The highest BCUT2D eigenvalue weighted by Crippen LogP contribution is 2.32. The fourth-order valence-corrected chi connectivity index (χ4v) is 3.76. The minimum atomic E-state index is -4.54. The van der Waals surface area contributed by atoms with Crippen LogP contribution in [0, 0.1) is 0 Å². The van der Waals surface area contributed by atoms with Crippen LogP contribution in [0.15, 0.2) is 41.4 Å². The zero-order valence-electron chi connectivity index (χ0n) is 14.7. The largest absolute Gasteiger partial charge is 0.433 e. The monoisotopic (exact) mass is 430 g/mol. The van der Waals surface area contributed by atoms with Crippen LogP contribution in [-0.2, 0) is 23.1 Å². The van der Waals surface area contributed by atoms with Crippen molar-refractivity contribution in [3.63, 3.8) is 0 Å². The van der Waals surface area contributed by atoms with Crippen LogP contribution in [0.1, 0.15) is 12.6 Å². The molecular formula is C17H14ClF3N4O2S. The van der Waals surface area contributed by atoms with Gasteiger partial charge in [0.05, 0.1) is 16.3 Å². The first-order chi connectivity index (χ1) is 13.0. The van der Waals surface area contributed by atoms with Crippen molar-refractivity contribution in [2.45, 2.75) is 18.0 Å². The Bertz CT molecular complexity index is 1130. The molecule has 0 bridgehead atoms. The van der Waals surface area contributed by atoms with Gasteiger partial charge in [0.15, 0.2) is 9.84 Å². The van der Waals surface area contributed by atoms with Crippen molar-refractivity contribution >= 4 is 21.4 Å². The fraction of sp³-hybridized carbons (Fsp3) is 0.235. The Morgan fingerprint density at radius 1 is 1.18 bits per heavy atom. The van der Waals surface area contributed by atoms with Gasteiger partial charge < -0.3 is 0 Å². The molecule has 148 valence electrons. The number of halogens is 4. The number of hydrogen-bond acceptors (Lipinski definition) is 5. The molecule has 6 nitrogen and oxygen atoms in total. The van der Waals surface area contributed by atoms with E-state index in [4.69, 9.17) is 11.6 Å². The van der Waals surface area contributed by atoms with Crippen LogP contribution >= 0.6 is 11.6 Å². The van der Waals surface area contributed by atoms with Gasteiger partial charge in [-0.2, -0.15) is 18.3 Å². The number of alkyl halides is 3. The molecule has 0 spiro atoms. The van der Waals surface area contributed by atoms with E-state index < -0.39 is 21.7 Å². The average molecular weight is 431 g/mol. The molecule has 0 unspecified atom stereocenters. The van der Waals surface area contributed by atoms with E-state index >= 15 is 0 Å². The van der Waals surface area contributed by atoms with Gasteiger partial charge in [0.1, 0.15) is 22.2 Å². The Morgan fingerprint density at radius 3 is 2.46 bits per heavy atom. The molecule has 3 heterocycles.